The summed E-state index contributed by atoms with van der Waals surface area (Å²) in [5.74, 6) is 1.96. The van der Waals surface area contributed by atoms with Gasteiger partial charge in [0.15, 0.2) is 0 Å². The molecule has 0 N–H and O–H groups in total. The Hall–Kier alpha value is 0.310. The Balaban J connectivity index is 2.08. The standard InChI is InChI=1S/C6H11NS/c1-7-3-4-2-5(4)6(7)8/h4-6,8H,2-3H2,1H3. The van der Waals surface area contributed by atoms with Crippen molar-refractivity contribution in [1.82, 2.24) is 4.90 Å². The third kappa shape index (κ3) is 0.531. The van der Waals surface area contributed by atoms with Crippen molar-refractivity contribution in [2.75, 3.05) is 13.6 Å². The number of rotatable bonds is 0. The quantitative estimate of drug-likeness (QED) is 0.474. The second-order valence-corrected chi connectivity index (χ2v) is 3.54. The molecule has 1 saturated heterocycles. The maximum atomic E-state index is 4.45. The van der Waals surface area contributed by atoms with Crippen LogP contribution in [-0.4, -0.2) is 23.9 Å². The maximum Gasteiger partial charge on any atom is 0.0556 e. The van der Waals surface area contributed by atoms with Gasteiger partial charge in [0, 0.05) is 6.54 Å². The highest BCUT2D eigenvalue weighted by Crippen LogP contribution is 2.49. The van der Waals surface area contributed by atoms with Crippen molar-refractivity contribution in [2.24, 2.45) is 11.8 Å². The summed E-state index contributed by atoms with van der Waals surface area (Å²) in [4.78, 5) is 2.34. The highest BCUT2D eigenvalue weighted by atomic mass is 32.1. The van der Waals surface area contributed by atoms with Crippen molar-refractivity contribution in [2.45, 2.75) is 11.8 Å². The van der Waals surface area contributed by atoms with Crippen molar-refractivity contribution in [3.05, 3.63) is 0 Å². The molecule has 0 aromatic heterocycles. The van der Waals surface area contributed by atoms with Crippen LogP contribution in [0.25, 0.3) is 0 Å². The zero-order valence-electron chi connectivity index (χ0n) is 5.04. The number of thiol groups is 1. The summed E-state index contributed by atoms with van der Waals surface area (Å²) < 4.78 is 0. The monoisotopic (exact) mass is 129 g/mol. The lowest BCUT2D eigenvalue weighted by Crippen LogP contribution is -2.23. The van der Waals surface area contributed by atoms with Crippen molar-refractivity contribution in [3.63, 3.8) is 0 Å². The maximum absolute atomic E-state index is 4.45. The first-order valence-electron chi connectivity index (χ1n) is 3.17. The van der Waals surface area contributed by atoms with Crippen LogP contribution in [0.3, 0.4) is 0 Å². The molecule has 2 fully saturated rings. The molecule has 0 aromatic carbocycles. The van der Waals surface area contributed by atoms with Crippen molar-refractivity contribution >= 4 is 12.6 Å². The number of fused-ring (bicyclic) bond motifs is 1. The molecule has 8 heavy (non-hydrogen) atoms. The second-order valence-electron chi connectivity index (χ2n) is 3.01. The largest absolute Gasteiger partial charge is 0.294 e. The molecule has 1 saturated carbocycles. The van der Waals surface area contributed by atoms with Gasteiger partial charge in [-0.3, -0.25) is 4.90 Å². The molecular weight excluding hydrogens is 118 g/mol. The summed E-state index contributed by atoms with van der Waals surface area (Å²) in [6, 6.07) is 0. The molecule has 3 unspecified atom stereocenters. The molecule has 1 aliphatic carbocycles. The van der Waals surface area contributed by atoms with E-state index in [4.69, 9.17) is 0 Å². The lowest BCUT2D eigenvalue weighted by atomic mass is 10.4. The zero-order valence-corrected chi connectivity index (χ0v) is 5.94. The lowest BCUT2D eigenvalue weighted by molar-refractivity contribution is 0.348. The Labute approximate surface area is 55.5 Å². The molecule has 0 bridgehead atoms. The van der Waals surface area contributed by atoms with Gasteiger partial charge in [0.1, 0.15) is 0 Å². The van der Waals surface area contributed by atoms with Crippen LogP contribution in [0.1, 0.15) is 6.42 Å². The highest BCUT2D eigenvalue weighted by molar-refractivity contribution is 7.80. The third-order valence-corrected chi connectivity index (χ3v) is 3.11. The van der Waals surface area contributed by atoms with Crippen LogP contribution in [0.15, 0.2) is 0 Å². The number of hydrogen-bond donors (Lipinski definition) is 1. The van der Waals surface area contributed by atoms with Gasteiger partial charge in [0.25, 0.3) is 0 Å². The van der Waals surface area contributed by atoms with Gasteiger partial charge >= 0.3 is 0 Å². The molecule has 2 rings (SSSR count). The summed E-state index contributed by atoms with van der Waals surface area (Å²) >= 11 is 4.45. The molecule has 46 valence electrons. The number of nitrogens with zero attached hydrogens (tertiary/aromatic N) is 1. The minimum absolute atomic E-state index is 0.583. The molecule has 1 heterocycles. The molecular formula is C6H11NS. The normalized spacial score (nSPS) is 54.0. The third-order valence-electron chi connectivity index (χ3n) is 2.33. The van der Waals surface area contributed by atoms with Crippen LogP contribution in [0.5, 0.6) is 0 Å². The second kappa shape index (κ2) is 1.42. The molecule has 0 amide bonds. The van der Waals surface area contributed by atoms with Crippen molar-refractivity contribution < 1.29 is 0 Å². The van der Waals surface area contributed by atoms with Gasteiger partial charge < -0.3 is 0 Å². The predicted molar refractivity (Wildman–Crippen MR) is 37.0 cm³/mol. The van der Waals surface area contributed by atoms with Crippen molar-refractivity contribution in [3.8, 4) is 0 Å². The molecule has 1 aliphatic heterocycles. The number of likely N-dealkylation sites (tertiary alicyclic amines) is 1. The fourth-order valence-corrected chi connectivity index (χ4v) is 2.11. The van der Waals surface area contributed by atoms with Crippen LogP contribution in [-0.2, 0) is 0 Å². The highest BCUT2D eigenvalue weighted by Gasteiger charge is 2.49. The molecule has 2 aliphatic rings. The Morgan fingerprint density at radius 2 is 2.38 bits per heavy atom. The van der Waals surface area contributed by atoms with E-state index in [2.05, 4.69) is 24.6 Å². The number of hydrogen-bond acceptors (Lipinski definition) is 2. The Kier molecular flexibility index (Phi) is 0.910. The van der Waals surface area contributed by atoms with Gasteiger partial charge in [-0.05, 0) is 25.3 Å². The van der Waals surface area contributed by atoms with E-state index in [1.54, 1.807) is 0 Å². The van der Waals surface area contributed by atoms with Crippen LogP contribution >= 0.6 is 12.6 Å². The minimum atomic E-state index is 0.583. The minimum Gasteiger partial charge on any atom is -0.294 e. The molecule has 1 nitrogen and oxygen atoms in total. The van der Waals surface area contributed by atoms with Crippen LogP contribution in [0.4, 0.5) is 0 Å². The first-order chi connectivity index (χ1) is 3.79. The fourth-order valence-electron chi connectivity index (χ4n) is 1.65. The summed E-state index contributed by atoms with van der Waals surface area (Å²) in [6.07, 6.45) is 1.44. The summed E-state index contributed by atoms with van der Waals surface area (Å²) in [5.41, 5.74) is 0. The van der Waals surface area contributed by atoms with Crippen molar-refractivity contribution in [1.29, 1.82) is 0 Å². The van der Waals surface area contributed by atoms with E-state index >= 15 is 0 Å². The molecule has 0 radical (unpaired) electrons. The van der Waals surface area contributed by atoms with Gasteiger partial charge in [-0.2, -0.15) is 12.6 Å². The van der Waals surface area contributed by atoms with E-state index in [0.717, 1.165) is 11.8 Å². The topological polar surface area (TPSA) is 3.24 Å². The summed E-state index contributed by atoms with van der Waals surface area (Å²) in [7, 11) is 2.16. The zero-order chi connectivity index (χ0) is 5.72. The molecule has 0 spiro atoms. The first-order valence-corrected chi connectivity index (χ1v) is 3.69. The lowest BCUT2D eigenvalue weighted by Gasteiger charge is -2.16. The van der Waals surface area contributed by atoms with E-state index in [0.29, 0.717) is 5.37 Å². The van der Waals surface area contributed by atoms with E-state index in [-0.39, 0.29) is 0 Å². The van der Waals surface area contributed by atoms with Crippen LogP contribution in [0.2, 0.25) is 0 Å². The summed E-state index contributed by atoms with van der Waals surface area (Å²) in [6.45, 7) is 1.29. The van der Waals surface area contributed by atoms with E-state index in [1.165, 1.54) is 13.0 Å². The Morgan fingerprint density at radius 1 is 1.62 bits per heavy atom. The molecule has 0 aromatic rings. The van der Waals surface area contributed by atoms with Crippen LogP contribution < -0.4 is 0 Å². The van der Waals surface area contributed by atoms with E-state index in [9.17, 15) is 0 Å². The van der Waals surface area contributed by atoms with Gasteiger partial charge in [-0.15, -0.1) is 0 Å². The van der Waals surface area contributed by atoms with Crippen LogP contribution in [0, 0.1) is 11.8 Å². The fraction of sp³-hybridized carbons (Fsp3) is 1.00. The first kappa shape index (κ1) is 5.12. The molecule has 3 atom stereocenters. The average molecular weight is 129 g/mol. The SMILES string of the molecule is CN1CC2CC2C1S. The van der Waals surface area contributed by atoms with E-state index in [1.807, 2.05) is 0 Å². The predicted octanol–water partition coefficient (Wildman–Crippen LogP) is 0.824. The van der Waals surface area contributed by atoms with Gasteiger partial charge in [0.2, 0.25) is 0 Å². The Morgan fingerprint density at radius 3 is 2.62 bits per heavy atom. The Bertz CT molecular complexity index is 113. The number of piperidine rings is 1. The van der Waals surface area contributed by atoms with Gasteiger partial charge in [-0.1, -0.05) is 0 Å². The summed E-state index contributed by atoms with van der Waals surface area (Å²) in [5, 5.41) is 0.583. The van der Waals surface area contributed by atoms with Gasteiger partial charge in [0.05, 0.1) is 5.37 Å². The van der Waals surface area contributed by atoms with Gasteiger partial charge in [-0.25, -0.2) is 0 Å². The van der Waals surface area contributed by atoms with E-state index < -0.39 is 0 Å². The average Bonchev–Trinajstić information content (AvgIpc) is 2.39. The smallest absolute Gasteiger partial charge is 0.0556 e. The molecule has 2 heteroatoms.